The van der Waals surface area contributed by atoms with Crippen LogP contribution in [-0.4, -0.2) is 60.1 Å². The van der Waals surface area contributed by atoms with Crippen LogP contribution in [0, 0.1) is 12.3 Å². The average Bonchev–Trinajstić information content (AvgIpc) is 2.79. The van der Waals surface area contributed by atoms with Gasteiger partial charge in [-0.3, -0.25) is 14.4 Å². The molecule has 0 aromatic heterocycles. The van der Waals surface area contributed by atoms with Crippen molar-refractivity contribution in [3.63, 3.8) is 0 Å². The molecule has 0 bridgehead atoms. The molecule has 2 unspecified atom stereocenters. The Morgan fingerprint density at radius 1 is 1.11 bits per heavy atom. The van der Waals surface area contributed by atoms with Gasteiger partial charge in [-0.15, -0.1) is 6.42 Å². The van der Waals surface area contributed by atoms with Crippen molar-refractivity contribution in [2.45, 2.75) is 72.1 Å². The van der Waals surface area contributed by atoms with Crippen molar-refractivity contribution in [1.82, 2.24) is 15.5 Å². The van der Waals surface area contributed by atoms with E-state index in [4.69, 9.17) is 15.9 Å². The topological polar surface area (TPSA) is 114 Å². The van der Waals surface area contributed by atoms with Crippen LogP contribution in [0.3, 0.4) is 0 Å². The second kappa shape index (κ2) is 14.0. The summed E-state index contributed by atoms with van der Waals surface area (Å²) in [6, 6.07) is 5.41. The summed E-state index contributed by atoms with van der Waals surface area (Å²) in [6.45, 7) is 10.4. The number of hydrogen-bond donors (Lipinski definition) is 2. The van der Waals surface area contributed by atoms with Crippen LogP contribution < -0.4 is 10.6 Å². The normalized spacial score (nSPS) is 12.5. The van der Waals surface area contributed by atoms with Crippen molar-refractivity contribution in [3.05, 3.63) is 35.4 Å². The lowest BCUT2D eigenvalue weighted by molar-refractivity contribution is -0.144. The Kier molecular flexibility index (Phi) is 11.8. The highest BCUT2D eigenvalue weighted by molar-refractivity contribution is 5.91. The van der Waals surface area contributed by atoms with Crippen LogP contribution >= 0.6 is 0 Å². The van der Waals surface area contributed by atoms with Gasteiger partial charge in [-0.1, -0.05) is 31.0 Å². The first-order valence-corrected chi connectivity index (χ1v) is 11.7. The first-order chi connectivity index (χ1) is 16.4. The van der Waals surface area contributed by atoms with E-state index in [0.717, 1.165) is 0 Å². The Hall–Kier alpha value is -3.54. The van der Waals surface area contributed by atoms with Gasteiger partial charge in [0.15, 0.2) is 0 Å². The highest BCUT2D eigenvalue weighted by atomic mass is 16.6. The zero-order valence-corrected chi connectivity index (χ0v) is 21.5. The summed E-state index contributed by atoms with van der Waals surface area (Å²) in [5, 5.41) is 5.18. The molecule has 1 aromatic rings. The van der Waals surface area contributed by atoms with E-state index < -0.39 is 35.5 Å². The number of hydrogen-bond acceptors (Lipinski definition) is 6. The largest absolute Gasteiger partial charge is 0.466 e. The van der Waals surface area contributed by atoms with E-state index in [-0.39, 0.29) is 32.2 Å². The van der Waals surface area contributed by atoms with Crippen molar-refractivity contribution >= 4 is 23.9 Å². The maximum absolute atomic E-state index is 13.4. The van der Waals surface area contributed by atoms with Crippen LogP contribution in [0.5, 0.6) is 0 Å². The SMILES string of the molecule is C#Cc1ccccc1C(C(=O)NCCC(=O)OCC)N(C(=O)CNC(=O)OC(C)(C)C)C(C)CC. The predicted molar refractivity (Wildman–Crippen MR) is 132 cm³/mol. The smallest absolute Gasteiger partial charge is 0.408 e. The van der Waals surface area contributed by atoms with E-state index in [1.54, 1.807) is 52.0 Å². The second-order valence-electron chi connectivity index (χ2n) is 8.89. The van der Waals surface area contributed by atoms with Crippen LogP contribution in [0.15, 0.2) is 24.3 Å². The molecule has 2 atom stereocenters. The summed E-state index contributed by atoms with van der Waals surface area (Å²) >= 11 is 0. The summed E-state index contributed by atoms with van der Waals surface area (Å²) in [7, 11) is 0. The summed E-state index contributed by atoms with van der Waals surface area (Å²) in [4.78, 5) is 52.0. The lowest BCUT2D eigenvalue weighted by Crippen LogP contribution is -2.51. The molecule has 2 N–H and O–H groups in total. The summed E-state index contributed by atoms with van der Waals surface area (Å²) < 4.78 is 10.1. The minimum absolute atomic E-state index is 0.0133. The third-order valence-corrected chi connectivity index (χ3v) is 5.01. The van der Waals surface area contributed by atoms with E-state index in [9.17, 15) is 19.2 Å². The molecule has 0 aliphatic carbocycles. The summed E-state index contributed by atoms with van der Waals surface area (Å²) in [5.41, 5.74) is 0.199. The molecule has 0 spiro atoms. The third-order valence-electron chi connectivity index (χ3n) is 5.01. The predicted octanol–water partition coefficient (Wildman–Crippen LogP) is 2.93. The standard InChI is InChI=1S/C26H37N3O6/c1-8-18(4)29(21(30)17-28-25(33)35-26(5,6)7)23(20-14-12-11-13-19(20)9-2)24(32)27-16-15-22(31)34-10-3/h2,11-14,18,23H,8,10,15-17H2,1,3-7H3,(H,27,32)(H,28,33). The maximum atomic E-state index is 13.4. The first kappa shape index (κ1) is 29.5. The van der Waals surface area contributed by atoms with Crippen molar-refractivity contribution in [2.24, 2.45) is 0 Å². The molecule has 0 aliphatic rings. The number of nitrogens with one attached hydrogen (secondary N) is 2. The fraction of sp³-hybridized carbons (Fsp3) is 0.538. The maximum Gasteiger partial charge on any atom is 0.408 e. The minimum atomic E-state index is -1.08. The van der Waals surface area contributed by atoms with Crippen molar-refractivity contribution < 1.29 is 28.7 Å². The van der Waals surface area contributed by atoms with E-state index >= 15 is 0 Å². The Bertz CT molecular complexity index is 932. The lowest BCUT2D eigenvalue weighted by atomic mass is 9.96. The van der Waals surface area contributed by atoms with Gasteiger partial charge in [0.2, 0.25) is 11.8 Å². The van der Waals surface area contributed by atoms with Gasteiger partial charge in [0.05, 0.1) is 13.0 Å². The molecule has 192 valence electrons. The number of rotatable bonds is 11. The molecule has 1 rings (SSSR count). The molecule has 0 saturated heterocycles. The Balaban J connectivity index is 3.26. The van der Waals surface area contributed by atoms with E-state index in [0.29, 0.717) is 17.5 Å². The quantitative estimate of drug-likeness (QED) is 0.366. The molecule has 3 amide bonds. The van der Waals surface area contributed by atoms with Gasteiger partial charge in [-0.2, -0.15) is 0 Å². The van der Waals surface area contributed by atoms with Crippen molar-refractivity contribution in [2.75, 3.05) is 19.7 Å². The highest BCUT2D eigenvalue weighted by Gasteiger charge is 2.35. The van der Waals surface area contributed by atoms with E-state index in [1.807, 2.05) is 13.8 Å². The van der Waals surface area contributed by atoms with Crippen LogP contribution in [-0.2, 0) is 23.9 Å². The molecule has 0 radical (unpaired) electrons. The number of esters is 1. The van der Waals surface area contributed by atoms with Gasteiger partial charge in [-0.05, 0) is 52.7 Å². The fourth-order valence-corrected chi connectivity index (χ4v) is 3.30. The molecular weight excluding hydrogens is 450 g/mol. The van der Waals surface area contributed by atoms with Crippen LogP contribution in [0.25, 0.3) is 0 Å². The van der Waals surface area contributed by atoms with Crippen LogP contribution in [0.2, 0.25) is 0 Å². The number of alkyl carbamates (subject to hydrolysis) is 1. The zero-order valence-electron chi connectivity index (χ0n) is 21.5. The summed E-state index contributed by atoms with van der Waals surface area (Å²) in [5.74, 6) is 1.15. The van der Waals surface area contributed by atoms with Crippen LogP contribution in [0.1, 0.15) is 71.6 Å². The molecule has 0 heterocycles. The minimum Gasteiger partial charge on any atom is -0.466 e. The Morgan fingerprint density at radius 3 is 2.34 bits per heavy atom. The molecule has 0 fully saturated rings. The third kappa shape index (κ3) is 9.69. The Morgan fingerprint density at radius 2 is 1.77 bits per heavy atom. The molecule has 1 aromatic carbocycles. The average molecular weight is 488 g/mol. The molecule has 35 heavy (non-hydrogen) atoms. The van der Waals surface area contributed by atoms with Gasteiger partial charge in [-0.25, -0.2) is 4.79 Å². The van der Waals surface area contributed by atoms with Crippen molar-refractivity contribution in [1.29, 1.82) is 0 Å². The van der Waals surface area contributed by atoms with Gasteiger partial charge < -0.3 is 25.0 Å². The molecule has 0 saturated carbocycles. The number of carbonyl (C=O) groups excluding carboxylic acids is 4. The lowest BCUT2D eigenvalue weighted by Gasteiger charge is -2.36. The van der Waals surface area contributed by atoms with E-state index in [1.165, 1.54) is 4.90 Å². The molecular formula is C26H37N3O6. The Labute approximate surface area is 207 Å². The van der Waals surface area contributed by atoms with Crippen molar-refractivity contribution in [3.8, 4) is 12.3 Å². The molecule has 9 heteroatoms. The van der Waals surface area contributed by atoms with Crippen LogP contribution in [0.4, 0.5) is 4.79 Å². The van der Waals surface area contributed by atoms with Gasteiger partial charge >= 0.3 is 12.1 Å². The van der Waals surface area contributed by atoms with Gasteiger partial charge in [0, 0.05) is 18.2 Å². The molecule has 9 nitrogen and oxygen atoms in total. The zero-order chi connectivity index (χ0) is 26.6. The monoisotopic (exact) mass is 487 g/mol. The first-order valence-electron chi connectivity index (χ1n) is 11.7. The van der Waals surface area contributed by atoms with Gasteiger partial charge in [0.1, 0.15) is 18.2 Å². The number of ether oxygens (including phenoxy) is 2. The number of carbonyl (C=O) groups is 4. The van der Waals surface area contributed by atoms with Gasteiger partial charge in [0.25, 0.3) is 0 Å². The number of nitrogens with zero attached hydrogens (tertiary/aromatic N) is 1. The highest BCUT2D eigenvalue weighted by Crippen LogP contribution is 2.27. The summed E-state index contributed by atoms with van der Waals surface area (Å²) in [6.07, 6.45) is 5.47. The second-order valence-corrected chi connectivity index (χ2v) is 8.89. The molecule has 0 aliphatic heterocycles. The fourth-order valence-electron chi connectivity index (χ4n) is 3.30. The number of amides is 3. The van der Waals surface area contributed by atoms with E-state index in [2.05, 4.69) is 16.6 Å². The number of terminal acetylenes is 1. The number of benzene rings is 1.